The molecule has 0 fully saturated rings. The van der Waals surface area contributed by atoms with Crippen LogP contribution in [0.25, 0.3) is 0 Å². The molecule has 0 amide bonds. The van der Waals surface area contributed by atoms with Crippen LogP contribution in [-0.2, 0) is 9.53 Å². The fourth-order valence-corrected chi connectivity index (χ4v) is 2.04. The molecule has 112 valence electrons. The van der Waals surface area contributed by atoms with E-state index in [1.807, 2.05) is 13.0 Å². The Morgan fingerprint density at radius 2 is 1.68 bits per heavy atom. The summed E-state index contributed by atoms with van der Waals surface area (Å²) in [6.07, 6.45) is 13.7. The molecule has 1 unspecified atom stereocenters. The van der Waals surface area contributed by atoms with Gasteiger partial charge in [-0.25, -0.2) is 0 Å². The monoisotopic (exact) mass is 268 g/mol. The average molecular weight is 268 g/mol. The number of allylic oxidation sites excluding steroid dienone is 1. The van der Waals surface area contributed by atoms with E-state index in [1.165, 1.54) is 44.9 Å². The maximum absolute atomic E-state index is 11.6. The van der Waals surface area contributed by atoms with Gasteiger partial charge in [0.1, 0.15) is 0 Å². The highest BCUT2D eigenvalue weighted by molar-refractivity contribution is 5.71. The summed E-state index contributed by atoms with van der Waals surface area (Å²) in [5.41, 5.74) is 0. The van der Waals surface area contributed by atoms with Gasteiger partial charge in [0.05, 0.1) is 12.5 Å². The van der Waals surface area contributed by atoms with Crippen molar-refractivity contribution >= 4 is 5.97 Å². The number of esters is 1. The van der Waals surface area contributed by atoms with Crippen LogP contribution in [0.3, 0.4) is 0 Å². The molecule has 0 radical (unpaired) electrons. The van der Waals surface area contributed by atoms with Gasteiger partial charge in [0.25, 0.3) is 0 Å². The van der Waals surface area contributed by atoms with Crippen LogP contribution in [0.1, 0.15) is 78.1 Å². The number of carbonyl (C=O) groups is 1. The van der Waals surface area contributed by atoms with Crippen LogP contribution >= 0.6 is 0 Å². The highest BCUT2D eigenvalue weighted by Crippen LogP contribution is 2.10. The minimum absolute atomic E-state index is 0.00652. The third kappa shape index (κ3) is 12.0. The second-order valence-electron chi connectivity index (χ2n) is 5.41. The molecule has 0 aromatic carbocycles. The lowest BCUT2D eigenvalue weighted by molar-refractivity contribution is -0.148. The zero-order valence-corrected chi connectivity index (χ0v) is 13.0. The van der Waals surface area contributed by atoms with Crippen LogP contribution in [0.5, 0.6) is 0 Å². The van der Waals surface area contributed by atoms with Gasteiger partial charge in [0, 0.05) is 0 Å². The number of rotatable bonds is 13. The first-order valence-electron chi connectivity index (χ1n) is 7.99. The van der Waals surface area contributed by atoms with Crippen LogP contribution in [0.4, 0.5) is 0 Å². The van der Waals surface area contributed by atoms with Gasteiger partial charge in [-0.2, -0.15) is 0 Å². The smallest absolute Gasteiger partial charge is 0.308 e. The van der Waals surface area contributed by atoms with E-state index in [4.69, 9.17) is 4.74 Å². The highest BCUT2D eigenvalue weighted by Gasteiger charge is 2.12. The topological polar surface area (TPSA) is 26.3 Å². The molecule has 0 saturated heterocycles. The van der Waals surface area contributed by atoms with Gasteiger partial charge in [-0.15, -0.1) is 6.58 Å². The van der Waals surface area contributed by atoms with Gasteiger partial charge in [-0.3, -0.25) is 4.79 Å². The van der Waals surface area contributed by atoms with E-state index >= 15 is 0 Å². The largest absolute Gasteiger partial charge is 0.465 e. The maximum Gasteiger partial charge on any atom is 0.308 e. The molecule has 0 aliphatic rings. The Morgan fingerprint density at radius 3 is 2.26 bits per heavy atom. The van der Waals surface area contributed by atoms with Gasteiger partial charge >= 0.3 is 5.97 Å². The Balaban J connectivity index is 3.29. The first-order chi connectivity index (χ1) is 9.22. The molecule has 1 atom stereocenters. The fraction of sp³-hybridized carbons (Fsp3) is 0.824. The van der Waals surface area contributed by atoms with Crippen molar-refractivity contribution in [1.29, 1.82) is 0 Å². The molecule has 2 nitrogen and oxygen atoms in total. The van der Waals surface area contributed by atoms with E-state index in [1.54, 1.807) is 0 Å². The van der Waals surface area contributed by atoms with E-state index in [9.17, 15) is 4.79 Å². The average Bonchev–Trinajstić information content (AvgIpc) is 2.42. The van der Waals surface area contributed by atoms with Crippen molar-refractivity contribution < 1.29 is 9.53 Å². The SMILES string of the molecule is C=CCCC(C)C(=O)OCCCCCCCCCC. The normalized spacial score (nSPS) is 12.1. The quantitative estimate of drug-likeness (QED) is 0.258. The Kier molecular flexibility index (Phi) is 13.1. The lowest BCUT2D eigenvalue weighted by atomic mass is 10.1. The number of hydrogen-bond acceptors (Lipinski definition) is 2. The summed E-state index contributed by atoms with van der Waals surface area (Å²) >= 11 is 0. The molecule has 0 bridgehead atoms. The summed E-state index contributed by atoms with van der Waals surface area (Å²) in [4.78, 5) is 11.6. The second-order valence-corrected chi connectivity index (χ2v) is 5.41. The Hall–Kier alpha value is -0.790. The molecule has 0 aromatic rings. The maximum atomic E-state index is 11.6. The summed E-state index contributed by atoms with van der Waals surface area (Å²) in [6.45, 7) is 8.42. The first-order valence-corrected chi connectivity index (χ1v) is 7.99. The van der Waals surface area contributed by atoms with Crippen LogP contribution < -0.4 is 0 Å². The molecular weight excluding hydrogens is 236 g/mol. The molecule has 0 aromatic heterocycles. The standard InChI is InChI=1S/C17H32O2/c1-4-6-8-9-10-11-12-13-15-19-17(18)16(3)14-7-5-2/h5,16H,2,4,6-15H2,1,3H3. The van der Waals surface area contributed by atoms with E-state index in [0.717, 1.165) is 19.3 Å². The third-order valence-electron chi connectivity index (χ3n) is 3.45. The van der Waals surface area contributed by atoms with E-state index < -0.39 is 0 Å². The molecular formula is C17H32O2. The van der Waals surface area contributed by atoms with Gasteiger partial charge in [-0.1, -0.05) is 64.9 Å². The van der Waals surface area contributed by atoms with Crippen molar-refractivity contribution in [2.45, 2.75) is 78.1 Å². The van der Waals surface area contributed by atoms with Crippen LogP contribution in [-0.4, -0.2) is 12.6 Å². The fourth-order valence-electron chi connectivity index (χ4n) is 2.04. The summed E-state index contributed by atoms with van der Waals surface area (Å²) in [7, 11) is 0. The summed E-state index contributed by atoms with van der Waals surface area (Å²) in [5, 5.41) is 0. The zero-order chi connectivity index (χ0) is 14.3. The number of carbonyl (C=O) groups excluding carboxylic acids is 1. The second kappa shape index (κ2) is 13.6. The summed E-state index contributed by atoms with van der Waals surface area (Å²) in [6, 6.07) is 0. The minimum Gasteiger partial charge on any atom is -0.465 e. The number of hydrogen-bond donors (Lipinski definition) is 0. The van der Waals surface area contributed by atoms with Crippen molar-refractivity contribution in [3.8, 4) is 0 Å². The summed E-state index contributed by atoms with van der Waals surface area (Å²) in [5.74, 6) is -0.0446. The molecule has 0 aliphatic carbocycles. The van der Waals surface area contributed by atoms with E-state index in [-0.39, 0.29) is 11.9 Å². The Morgan fingerprint density at radius 1 is 1.11 bits per heavy atom. The van der Waals surface area contributed by atoms with E-state index in [2.05, 4.69) is 13.5 Å². The third-order valence-corrected chi connectivity index (χ3v) is 3.45. The molecule has 0 saturated carbocycles. The first kappa shape index (κ1) is 18.2. The minimum atomic E-state index is -0.0511. The molecule has 0 N–H and O–H groups in total. The number of unbranched alkanes of at least 4 members (excludes halogenated alkanes) is 7. The molecule has 2 heteroatoms. The van der Waals surface area contributed by atoms with Crippen molar-refractivity contribution in [2.75, 3.05) is 6.61 Å². The highest BCUT2D eigenvalue weighted by atomic mass is 16.5. The van der Waals surface area contributed by atoms with Crippen LogP contribution in [0.2, 0.25) is 0 Å². The van der Waals surface area contributed by atoms with E-state index in [0.29, 0.717) is 6.61 Å². The lowest BCUT2D eigenvalue weighted by Gasteiger charge is -2.10. The number of ether oxygens (including phenoxy) is 1. The van der Waals surface area contributed by atoms with Gasteiger partial charge in [0.2, 0.25) is 0 Å². The van der Waals surface area contributed by atoms with Crippen molar-refractivity contribution in [1.82, 2.24) is 0 Å². The van der Waals surface area contributed by atoms with Crippen LogP contribution in [0.15, 0.2) is 12.7 Å². The Bertz CT molecular complexity index is 223. The summed E-state index contributed by atoms with van der Waals surface area (Å²) < 4.78 is 5.27. The van der Waals surface area contributed by atoms with Crippen molar-refractivity contribution in [2.24, 2.45) is 5.92 Å². The van der Waals surface area contributed by atoms with Crippen molar-refractivity contribution in [3.05, 3.63) is 12.7 Å². The molecule has 0 rings (SSSR count). The van der Waals surface area contributed by atoms with Crippen LogP contribution in [0, 0.1) is 5.92 Å². The predicted octanol–water partition coefficient (Wildman–Crippen LogP) is 5.27. The predicted molar refractivity (Wildman–Crippen MR) is 82.2 cm³/mol. The molecule has 0 spiro atoms. The lowest BCUT2D eigenvalue weighted by Crippen LogP contribution is -2.15. The van der Waals surface area contributed by atoms with Gasteiger partial charge in [0.15, 0.2) is 0 Å². The van der Waals surface area contributed by atoms with Crippen molar-refractivity contribution in [3.63, 3.8) is 0 Å². The zero-order valence-electron chi connectivity index (χ0n) is 13.0. The Labute approximate surface area is 119 Å². The molecule has 0 aliphatic heterocycles. The molecule has 19 heavy (non-hydrogen) atoms. The molecule has 0 heterocycles. The van der Waals surface area contributed by atoms with Gasteiger partial charge in [-0.05, 0) is 19.3 Å². The van der Waals surface area contributed by atoms with Gasteiger partial charge < -0.3 is 4.74 Å².